The summed E-state index contributed by atoms with van der Waals surface area (Å²) in [6.07, 6.45) is -4.79. The van der Waals surface area contributed by atoms with Crippen molar-refractivity contribution in [2.45, 2.75) is 26.4 Å². The Kier molecular flexibility index (Phi) is 7.09. The first-order valence-electron chi connectivity index (χ1n) is 8.87. The van der Waals surface area contributed by atoms with Crippen LogP contribution in [-0.4, -0.2) is 31.5 Å². The summed E-state index contributed by atoms with van der Waals surface area (Å²) < 4.78 is 54.1. The van der Waals surface area contributed by atoms with Crippen LogP contribution in [0.25, 0.3) is 11.1 Å². The number of nitrogens with one attached hydrogen (secondary N) is 1. The van der Waals surface area contributed by atoms with Crippen molar-refractivity contribution in [1.29, 1.82) is 0 Å². The summed E-state index contributed by atoms with van der Waals surface area (Å²) in [5, 5.41) is 12.3. The molecule has 0 heterocycles. The van der Waals surface area contributed by atoms with Crippen LogP contribution in [0.2, 0.25) is 0 Å². The minimum atomic E-state index is -4.79. The highest BCUT2D eigenvalue weighted by atomic mass is 19.4. The zero-order chi connectivity index (χ0) is 22.6. The van der Waals surface area contributed by atoms with Gasteiger partial charge in [0.15, 0.2) is 5.83 Å². The molecular formula is C21H22F4N2O3. The highest BCUT2D eigenvalue weighted by molar-refractivity contribution is 5.90. The lowest BCUT2D eigenvalue weighted by Gasteiger charge is -2.25. The standard InChI is InChI=1S/C21H22F4N2O3/c1-12-17(14-5-7-16(8-6-14)30-21(23,24)25)9-15(10-26-20(29)13(2)22)18(11-28)19(12)27(3)4/h5-9,28H,2,10-11H2,1,3-4H3,(H,26,29). The molecule has 0 aliphatic rings. The minimum Gasteiger partial charge on any atom is -0.406 e. The van der Waals surface area contributed by atoms with Gasteiger partial charge in [0.05, 0.1) is 6.61 Å². The number of benzene rings is 2. The summed E-state index contributed by atoms with van der Waals surface area (Å²) >= 11 is 0. The van der Waals surface area contributed by atoms with Gasteiger partial charge in [0.1, 0.15) is 5.75 Å². The van der Waals surface area contributed by atoms with Gasteiger partial charge in [-0.25, -0.2) is 4.39 Å². The number of hydrogen-bond donors (Lipinski definition) is 2. The van der Waals surface area contributed by atoms with Crippen molar-refractivity contribution in [2.24, 2.45) is 0 Å². The molecule has 0 aromatic heterocycles. The first kappa shape index (κ1) is 23.2. The first-order valence-corrected chi connectivity index (χ1v) is 8.87. The SMILES string of the molecule is C=C(F)C(=O)NCc1cc(-c2ccc(OC(F)(F)F)cc2)c(C)c(N(C)C)c1CO. The van der Waals surface area contributed by atoms with E-state index in [2.05, 4.69) is 16.6 Å². The summed E-state index contributed by atoms with van der Waals surface area (Å²) in [6, 6.07) is 7.06. The van der Waals surface area contributed by atoms with Crippen LogP contribution in [0.3, 0.4) is 0 Å². The van der Waals surface area contributed by atoms with E-state index in [1.54, 1.807) is 25.1 Å². The number of rotatable bonds is 7. The predicted octanol–water partition coefficient (Wildman–Crippen LogP) is 4.22. The third-order valence-electron chi connectivity index (χ3n) is 4.44. The second-order valence-corrected chi connectivity index (χ2v) is 6.75. The van der Waals surface area contributed by atoms with Crippen LogP contribution in [0.4, 0.5) is 23.2 Å². The molecule has 0 aliphatic heterocycles. The summed E-state index contributed by atoms with van der Waals surface area (Å²) in [7, 11) is 3.55. The summed E-state index contributed by atoms with van der Waals surface area (Å²) in [4.78, 5) is 13.3. The lowest BCUT2D eigenvalue weighted by Crippen LogP contribution is -2.24. The topological polar surface area (TPSA) is 61.8 Å². The number of carbonyl (C=O) groups is 1. The Morgan fingerprint density at radius 2 is 1.83 bits per heavy atom. The molecule has 30 heavy (non-hydrogen) atoms. The van der Waals surface area contributed by atoms with E-state index in [9.17, 15) is 27.5 Å². The largest absolute Gasteiger partial charge is 0.573 e. The first-order chi connectivity index (χ1) is 13.9. The molecule has 0 spiro atoms. The minimum absolute atomic E-state index is 0.0684. The third-order valence-corrected chi connectivity index (χ3v) is 4.44. The van der Waals surface area contributed by atoms with Crippen LogP contribution in [-0.2, 0) is 17.9 Å². The molecule has 2 N–H and O–H groups in total. The van der Waals surface area contributed by atoms with Gasteiger partial charge in [0, 0.05) is 31.9 Å². The summed E-state index contributed by atoms with van der Waals surface area (Å²) in [6.45, 7) is 4.36. The van der Waals surface area contributed by atoms with Gasteiger partial charge < -0.3 is 20.1 Å². The van der Waals surface area contributed by atoms with Crippen LogP contribution in [0.15, 0.2) is 42.7 Å². The van der Waals surface area contributed by atoms with Crippen molar-refractivity contribution in [1.82, 2.24) is 5.32 Å². The van der Waals surface area contributed by atoms with Crippen LogP contribution in [0, 0.1) is 6.92 Å². The van der Waals surface area contributed by atoms with Gasteiger partial charge in [0.25, 0.3) is 5.91 Å². The van der Waals surface area contributed by atoms with Gasteiger partial charge in [-0.1, -0.05) is 18.7 Å². The normalized spacial score (nSPS) is 11.2. The number of anilines is 1. The quantitative estimate of drug-likeness (QED) is 0.514. The van der Waals surface area contributed by atoms with Crippen molar-refractivity contribution >= 4 is 11.6 Å². The Morgan fingerprint density at radius 3 is 2.30 bits per heavy atom. The molecule has 9 heteroatoms. The van der Waals surface area contributed by atoms with E-state index in [1.165, 1.54) is 24.3 Å². The Balaban J connectivity index is 2.53. The summed E-state index contributed by atoms with van der Waals surface area (Å²) in [5.41, 5.74) is 3.83. The van der Waals surface area contributed by atoms with Gasteiger partial charge >= 0.3 is 6.36 Å². The Labute approximate surface area is 171 Å². The molecule has 1 amide bonds. The summed E-state index contributed by atoms with van der Waals surface area (Å²) in [5.74, 6) is -2.46. The highest BCUT2D eigenvalue weighted by Gasteiger charge is 2.31. The molecule has 2 aromatic carbocycles. The van der Waals surface area contributed by atoms with E-state index in [0.29, 0.717) is 27.9 Å². The fourth-order valence-corrected chi connectivity index (χ4v) is 3.22. The second kappa shape index (κ2) is 9.17. The van der Waals surface area contributed by atoms with Crippen LogP contribution >= 0.6 is 0 Å². The number of halogens is 4. The van der Waals surface area contributed by atoms with E-state index >= 15 is 0 Å². The maximum Gasteiger partial charge on any atom is 0.573 e. The van der Waals surface area contributed by atoms with Gasteiger partial charge in [-0.2, -0.15) is 0 Å². The molecule has 0 unspecified atom stereocenters. The number of nitrogens with zero attached hydrogens (tertiary/aromatic N) is 1. The smallest absolute Gasteiger partial charge is 0.406 e. The maximum absolute atomic E-state index is 13.0. The van der Waals surface area contributed by atoms with Crippen LogP contribution < -0.4 is 15.0 Å². The van der Waals surface area contributed by atoms with E-state index in [0.717, 1.165) is 5.56 Å². The Bertz CT molecular complexity index is 939. The van der Waals surface area contributed by atoms with E-state index in [4.69, 9.17) is 0 Å². The molecule has 5 nitrogen and oxygen atoms in total. The number of amides is 1. The number of aliphatic hydroxyl groups excluding tert-OH is 1. The van der Waals surface area contributed by atoms with E-state index in [-0.39, 0.29) is 18.9 Å². The average Bonchev–Trinajstić information content (AvgIpc) is 2.65. The van der Waals surface area contributed by atoms with Crippen molar-refractivity contribution in [2.75, 3.05) is 19.0 Å². The molecule has 0 atom stereocenters. The Morgan fingerprint density at radius 1 is 1.23 bits per heavy atom. The van der Waals surface area contributed by atoms with Gasteiger partial charge in [-0.15, -0.1) is 13.2 Å². The molecular weight excluding hydrogens is 404 g/mol. The van der Waals surface area contributed by atoms with Gasteiger partial charge in [0.2, 0.25) is 0 Å². The van der Waals surface area contributed by atoms with Crippen LogP contribution in [0.5, 0.6) is 5.75 Å². The number of carbonyl (C=O) groups excluding carboxylic acids is 1. The number of alkyl halides is 3. The van der Waals surface area contributed by atoms with Gasteiger partial charge in [-0.05, 0) is 47.4 Å². The fraction of sp³-hybridized carbons (Fsp3) is 0.286. The van der Waals surface area contributed by atoms with Crippen molar-refractivity contribution in [3.8, 4) is 16.9 Å². The number of ether oxygens (including phenoxy) is 1. The maximum atomic E-state index is 13.0. The lowest BCUT2D eigenvalue weighted by atomic mass is 9.91. The lowest BCUT2D eigenvalue weighted by molar-refractivity contribution is -0.274. The second-order valence-electron chi connectivity index (χ2n) is 6.75. The van der Waals surface area contributed by atoms with Crippen molar-refractivity contribution < 1.29 is 32.2 Å². The molecule has 0 radical (unpaired) electrons. The highest BCUT2D eigenvalue weighted by Crippen LogP contribution is 2.37. The number of hydrogen-bond acceptors (Lipinski definition) is 4. The molecule has 0 fully saturated rings. The van der Waals surface area contributed by atoms with E-state index in [1.807, 2.05) is 6.92 Å². The molecule has 2 rings (SSSR count). The predicted molar refractivity (Wildman–Crippen MR) is 106 cm³/mol. The zero-order valence-corrected chi connectivity index (χ0v) is 16.7. The Hall–Kier alpha value is -3.07. The van der Waals surface area contributed by atoms with Gasteiger partial charge in [-0.3, -0.25) is 4.79 Å². The molecule has 0 bridgehead atoms. The molecule has 0 saturated heterocycles. The molecule has 0 saturated carbocycles. The van der Waals surface area contributed by atoms with Crippen molar-refractivity contribution in [3.63, 3.8) is 0 Å². The van der Waals surface area contributed by atoms with Crippen LogP contribution in [0.1, 0.15) is 16.7 Å². The number of aliphatic hydroxyl groups is 1. The third kappa shape index (κ3) is 5.50. The average molecular weight is 426 g/mol. The molecule has 162 valence electrons. The fourth-order valence-electron chi connectivity index (χ4n) is 3.22. The molecule has 0 aliphatic carbocycles. The van der Waals surface area contributed by atoms with Crippen molar-refractivity contribution in [3.05, 3.63) is 59.4 Å². The molecule has 2 aromatic rings. The van der Waals surface area contributed by atoms with E-state index < -0.39 is 18.1 Å². The zero-order valence-electron chi connectivity index (χ0n) is 16.7. The monoisotopic (exact) mass is 426 g/mol.